The zero-order chi connectivity index (χ0) is 18.5. The van der Waals surface area contributed by atoms with Crippen LogP contribution in [0.15, 0.2) is 48.5 Å². The quantitative estimate of drug-likeness (QED) is 0.784. The van der Waals surface area contributed by atoms with Crippen molar-refractivity contribution in [3.8, 4) is 0 Å². The first-order valence-electron chi connectivity index (χ1n) is 9.09. The summed E-state index contributed by atoms with van der Waals surface area (Å²) in [5, 5.41) is 6.13. The van der Waals surface area contributed by atoms with Crippen molar-refractivity contribution in [2.24, 2.45) is 0 Å². The summed E-state index contributed by atoms with van der Waals surface area (Å²) in [4.78, 5) is 14.8. The van der Waals surface area contributed by atoms with Crippen molar-refractivity contribution in [3.63, 3.8) is 0 Å². The smallest absolute Gasteiger partial charge is 0.257 e. The van der Waals surface area contributed by atoms with E-state index in [0.717, 1.165) is 17.8 Å². The molecule has 1 aliphatic heterocycles. The van der Waals surface area contributed by atoms with Crippen molar-refractivity contribution in [1.29, 1.82) is 0 Å². The van der Waals surface area contributed by atoms with E-state index < -0.39 is 0 Å². The van der Waals surface area contributed by atoms with E-state index >= 15 is 0 Å². The number of anilines is 2. The lowest BCUT2D eigenvalue weighted by Crippen LogP contribution is -2.37. The lowest BCUT2D eigenvalue weighted by Gasteiger charge is -2.35. The molecule has 136 valence electrons. The largest absolute Gasteiger partial charge is 0.369 e. The Morgan fingerprint density at radius 1 is 1.12 bits per heavy atom. The highest BCUT2D eigenvalue weighted by Crippen LogP contribution is 2.25. The number of rotatable bonds is 3. The molecule has 1 aliphatic rings. The molecule has 0 aliphatic carbocycles. The van der Waals surface area contributed by atoms with Gasteiger partial charge in [-0.05, 0) is 81.2 Å². The second kappa shape index (κ2) is 8.32. The first-order valence-corrected chi connectivity index (χ1v) is 9.50. The zero-order valence-corrected chi connectivity index (χ0v) is 16.1. The van der Waals surface area contributed by atoms with Crippen LogP contribution < -0.4 is 15.5 Å². The molecule has 2 aromatic carbocycles. The number of aryl methyl sites for hydroxylation is 1. The normalized spacial score (nSPS) is 16.8. The number of thiocarbonyl (C=S) groups is 1. The highest BCUT2D eigenvalue weighted by molar-refractivity contribution is 7.80. The van der Waals surface area contributed by atoms with Gasteiger partial charge < -0.3 is 10.2 Å². The lowest BCUT2D eigenvalue weighted by molar-refractivity contribution is 0.0977. The number of nitrogens with zero attached hydrogens (tertiary/aromatic N) is 1. The molecule has 5 heteroatoms. The van der Waals surface area contributed by atoms with E-state index in [1.165, 1.54) is 24.9 Å². The predicted molar refractivity (Wildman–Crippen MR) is 112 cm³/mol. The van der Waals surface area contributed by atoms with Crippen LogP contribution in [0.25, 0.3) is 0 Å². The van der Waals surface area contributed by atoms with Gasteiger partial charge in [-0.25, -0.2) is 0 Å². The second-order valence-corrected chi connectivity index (χ2v) is 7.22. The number of benzene rings is 2. The van der Waals surface area contributed by atoms with E-state index in [9.17, 15) is 4.79 Å². The molecule has 1 amide bonds. The molecule has 0 radical (unpaired) electrons. The van der Waals surface area contributed by atoms with Crippen molar-refractivity contribution >= 4 is 34.6 Å². The van der Waals surface area contributed by atoms with Crippen molar-refractivity contribution in [1.82, 2.24) is 5.32 Å². The third-order valence-corrected chi connectivity index (χ3v) is 5.08. The molecule has 1 fully saturated rings. The van der Waals surface area contributed by atoms with Gasteiger partial charge in [-0.15, -0.1) is 0 Å². The van der Waals surface area contributed by atoms with Crippen LogP contribution in [0.5, 0.6) is 0 Å². The molecule has 1 atom stereocenters. The van der Waals surface area contributed by atoms with Crippen molar-refractivity contribution in [2.75, 3.05) is 16.8 Å². The van der Waals surface area contributed by atoms with E-state index in [2.05, 4.69) is 34.6 Å². The fourth-order valence-corrected chi connectivity index (χ4v) is 3.59. The highest BCUT2D eigenvalue weighted by atomic mass is 32.1. The summed E-state index contributed by atoms with van der Waals surface area (Å²) in [6.07, 6.45) is 3.81. The molecule has 3 rings (SSSR count). The van der Waals surface area contributed by atoms with Gasteiger partial charge >= 0.3 is 0 Å². The second-order valence-electron chi connectivity index (χ2n) is 6.81. The van der Waals surface area contributed by atoms with Crippen LogP contribution in [0.1, 0.15) is 42.1 Å². The van der Waals surface area contributed by atoms with Crippen LogP contribution in [0.3, 0.4) is 0 Å². The zero-order valence-electron chi connectivity index (χ0n) is 15.3. The van der Waals surface area contributed by atoms with Gasteiger partial charge in [0, 0.05) is 29.5 Å². The molecule has 0 aromatic heterocycles. The molecule has 0 unspecified atom stereocenters. The Hall–Kier alpha value is -2.40. The molecule has 4 nitrogen and oxygen atoms in total. The lowest BCUT2D eigenvalue weighted by atomic mass is 10.0. The molecular weight excluding hydrogens is 342 g/mol. The number of nitrogens with one attached hydrogen (secondary N) is 2. The van der Waals surface area contributed by atoms with Gasteiger partial charge in [0.25, 0.3) is 5.91 Å². The minimum absolute atomic E-state index is 0.195. The Bertz CT molecular complexity index is 788. The summed E-state index contributed by atoms with van der Waals surface area (Å²) < 4.78 is 0. The number of amides is 1. The Balaban J connectivity index is 1.59. The van der Waals surface area contributed by atoms with Crippen molar-refractivity contribution < 1.29 is 4.79 Å². The first-order chi connectivity index (χ1) is 12.5. The topological polar surface area (TPSA) is 44.4 Å². The average Bonchev–Trinajstić information content (AvgIpc) is 2.63. The monoisotopic (exact) mass is 367 g/mol. The van der Waals surface area contributed by atoms with Crippen LogP contribution in [0, 0.1) is 6.92 Å². The first kappa shape index (κ1) is 18.4. The number of hydrogen-bond acceptors (Lipinski definition) is 3. The summed E-state index contributed by atoms with van der Waals surface area (Å²) in [6, 6.07) is 16.3. The van der Waals surface area contributed by atoms with Gasteiger partial charge in [-0.1, -0.05) is 18.2 Å². The van der Waals surface area contributed by atoms with Crippen LogP contribution >= 0.6 is 12.2 Å². The van der Waals surface area contributed by atoms with Crippen molar-refractivity contribution in [2.45, 2.75) is 39.2 Å². The van der Waals surface area contributed by atoms with Gasteiger partial charge in [0.1, 0.15) is 0 Å². The highest BCUT2D eigenvalue weighted by Gasteiger charge is 2.18. The van der Waals surface area contributed by atoms with Gasteiger partial charge in [0.2, 0.25) is 0 Å². The summed E-state index contributed by atoms with van der Waals surface area (Å²) in [6.45, 7) is 5.30. The third-order valence-electron chi connectivity index (χ3n) is 4.88. The molecule has 0 bridgehead atoms. The molecule has 1 heterocycles. The Morgan fingerprint density at radius 2 is 1.85 bits per heavy atom. The standard InChI is InChI=1S/C21H25N3OS/c1-15-7-3-4-9-19(15)20(25)23-21(26)22-17-10-12-18(13-11-17)24-14-6-5-8-16(24)2/h3-4,7,9-13,16H,5-6,8,14H2,1-2H3,(H2,22,23,25,26)/t16-/m1/s1. The maximum atomic E-state index is 12.3. The maximum Gasteiger partial charge on any atom is 0.257 e. The number of carbonyl (C=O) groups excluding carboxylic acids is 1. The molecule has 2 N–H and O–H groups in total. The van der Waals surface area contributed by atoms with Crippen LogP contribution in [-0.4, -0.2) is 23.6 Å². The number of hydrogen-bond donors (Lipinski definition) is 2. The van der Waals surface area contributed by atoms with E-state index in [0.29, 0.717) is 16.7 Å². The van der Waals surface area contributed by atoms with Crippen LogP contribution in [-0.2, 0) is 0 Å². The molecule has 0 saturated carbocycles. The Morgan fingerprint density at radius 3 is 2.54 bits per heavy atom. The Kier molecular flexibility index (Phi) is 5.89. The molecule has 1 saturated heterocycles. The molecule has 0 spiro atoms. The maximum absolute atomic E-state index is 12.3. The van der Waals surface area contributed by atoms with E-state index in [4.69, 9.17) is 12.2 Å². The fraction of sp³-hybridized carbons (Fsp3) is 0.333. The predicted octanol–water partition coefficient (Wildman–Crippen LogP) is 4.50. The van der Waals surface area contributed by atoms with Crippen molar-refractivity contribution in [3.05, 3.63) is 59.7 Å². The molecule has 26 heavy (non-hydrogen) atoms. The fourth-order valence-electron chi connectivity index (χ4n) is 3.38. The van der Waals surface area contributed by atoms with E-state index in [1.54, 1.807) is 6.07 Å². The third kappa shape index (κ3) is 4.41. The van der Waals surface area contributed by atoms with Crippen LogP contribution in [0.2, 0.25) is 0 Å². The molecule has 2 aromatic rings. The number of piperidine rings is 1. The Labute approximate surface area is 160 Å². The molecular formula is C21H25N3OS. The summed E-state index contributed by atoms with van der Waals surface area (Å²) in [5.41, 5.74) is 3.66. The van der Waals surface area contributed by atoms with Gasteiger partial charge in [-0.3, -0.25) is 10.1 Å². The minimum atomic E-state index is -0.195. The minimum Gasteiger partial charge on any atom is -0.369 e. The van der Waals surface area contributed by atoms with Gasteiger partial charge in [0.15, 0.2) is 5.11 Å². The van der Waals surface area contributed by atoms with Crippen LogP contribution in [0.4, 0.5) is 11.4 Å². The van der Waals surface area contributed by atoms with Gasteiger partial charge in [0.05, 0.1) is 0 Å². The average molecular weight is 368 g/mol. The SMILES string of the molecule is Cc1ccccc1C(=O)NC(=S)Nc1ccc(N2CCCC[C@H]2C)cc1. The summed E-state index contributed by atoms with van der Waals surface area (Å²) in [5.74, 6) is -0.195. The van der Waals surface area contributed by atoms with Gasteiger partial charge in [-0.2, -0.15) is 0 Å². The van der Waals surface area contributed by atoms with E-state index in [1.807, 2.05) is 37.3 Å². The summed E-state index contributed by atoms with van der Waals surface area (Å²) in [7, 11) is 0. The van der Waals surface area contributed by atoms with E-state index in [-0.39, 0.29) is 5.91 Å². The summed E-state index contributed by atoms with van der Waals surface area (Å²) >= 11 is 5.28. The number of carbonyl (C=O) groups is 1.